The second-order valence-corrected chi connectivity index (χ2v) is 5.09. The Bertz CT molecular complexity index is 470. The fraction of sp³-hybridized carbons (Fsp3) is 0.467. The van der Waals surface area contributed by atoms with Crippen LogP contribution in [0, 0.1) is 5.92 Å². The quantitative estimate of drug-likeness (QED) is 0.815. The summed E-state index contributed by atoms with van der Waals surface area (Å²) in [6.07, 6.45) is 1.26. The van der Waals surface area contributed by atoms with E-state index in [9.17, 15) is 9.59 Å². The van der Waals surface area contributed by atoms with E-state index in [1.165, 1.54) is 0 Å². The third kappa shape index (κ3) is 5.07. The molecule has 1 saturated heterocycles. The van der Waals surface area contributed by atoms with Crippen LogP contribution >= 0.6 is 0 Å². The summed E-state index contributed by atoms with van der Waals surface area (Å²) in [7, 11) is 0. The van der Waals surface area contributed by atoms with Gasteiger partial charge in [0, 0.05) is 13.1 Å². The first-order valence-electron chi connectivity index (χ1n) is 7.05. The molecule has 0 radical (unpaired) electrons. The molecule has 2 N–H and O–H groups in total. The number of likely N-dealkylation sites (tertiary alicyclic amines) is 1. The third-order valence-corrected chi connectivity index (χ3v) is 3.55. The average Bonchev–Trinajstić information content (AvgIpc) is 2.52. The van der Waals surface area contributed by atoms with Gasteiger partial charge in [-0.3, -0.25) is 14.5 Å². The molecular formula is C15H20N2O4. The van der Waals surface area contributed by atoms with Crippen LogP contribution in [0.4, 0.5) is 0 Å². The molecule has 1 amide bonds. The van der Waals surface area contributed by atoms with E-state index in [-0.39, 0.29) is 18.4 Å². The lowest BCUT2D eigenvalue weighted by Crippen LogP contribution is -2.44. The van der Waals surface area contributed by atoms with Crippen molar-refractivity contribution in [2.45, 2.75) is 12.8 Å². The summed E-state index contributed by atoms with van der Waals surface area (Å²) < 4.78 is 5.35. The lowest BCUT2D eigenvalue weighted by Gasteiger charge is -2.29. The highest BCUT2D eigenvalue weighted by molar-refractivity contribution is 5.77. The highest BCUT2D eigenvalue weighted by Crippen LogP contribution is 2.16. The van der Waals surface area contributed by atoms with Crippen LogP contribution in [0.1, 0.15) is 12.8 Å². The van der Waals surface area contributed by atoms with Gasteiger partial charge in [0.1, 0.15) is 5.75 Å². The highest BCUT2D eigenvalue weighted by Gasteiger charge is 2.24. The van der Waals surface area contributed by atoms with E-state index in [2.05, 4.69) is 5.32 Å². The molecule has 0 spiro atoms. The van der Waals surface area contributed by atoms with Crippen molar-refractivity contribution in [1.29, 1.82) is 0 Å². The first-order valence-corrected chi connectivity index (χ1v) is 7.05. The van der Waals surface area contributed by atoms with E-state index >= 15 is 0 Å². The Labute approximate surface area is 123 Å². The van der Waals surface area contributed by atoms with Crippen molar-refractivity contribution in [2.75, 3.05) is 26.4 Å². The first-order chi connectivity index (χ1) is 10.1. The summed E-state index contributed by atoms with van der Waals surface area (Å²) in [5.74, 6) is -0.498. The number of ether oxygens (including phenoxy) is 1. The number of carboxylic acids is 1. The molecule has 1 aliphatic heterocycles. The van der Waals surface area contributed by atoms with Crippen molar-refractivity contribution in [3.63, 3.8) is 0 Å². The zero-order valence-electron chi connectivity index (χ0n) is 11.8. The van der Waals surface area contributed by atoms with Crippen LogP contribution in [0.25, 0.3) is 0 Å². The lowest BCUT2D eigenvalue weighted by atomic mass is 9.97. The minimum absolute atomic E-state index is 0.0182. The molecule has 0 unspecified atom stereocenters. The molecule has 0 atom stereocenters. The number of hydrogen-bond acceptors (Lipinski definition) is 4. The number of hydrogen-bond donors (Lipinski definition) is 2. The normalized spacial score (nSPS) is 16.4. The fourth-order valence-corrected chi connectivity index (χ4v) is 2.25. The zero-order valence-corrected chi connectivity index (χ0v) is 11.8. The van der Waals surface area contributed by atoms with Crippen LogP contribution in [-0.4, -0.2) is 48.2 Å². The number of carbonyl (C=O) groups excluding carboxylic acids is 1. The van der Waals surface area contributed by atoms with Crippen molar-refractivity contribution >= 4 is 11.9 Å². The van der Waals surface area contributed by atoms with E-state index in [0.29, 0.717) is 38.3 Å². The van der Waals surface area contributed by atoms with E-state index in [4.69, 9.17) is 9.84 Å². The Hall–Kier alpha value is -2.08. The van der Waals surface area contributed by atoms with Crippen molar-refractivity contribution in [2.24, 2.45) is 5.92 Å². The minimum Gasteiger partial charge on any atom is -0.484 e. The Morgan fingerprint density at radius 3 is 2.52 bits per heavy atom. The summed E-state index contributed by atoms with van der Waals surface area (Å²) in [6, 6.07) is 9.17. The number of benzene rings is 1. The molecule has 1 fully saturated rings. The Balaban J connectivity index is 1.62. The van der Waals surface area contributed by atoms with E-state index in [0.717, 1.165) is 0 Å². The molecule has 0 saturated carbocycles. The third-order valence-electron chi connectivity index (χ3n) is 3.55. The molecule has 2 rings (SSSR count). The summed E-state index contributed by atoms with van der Waals surface area (Å²) in [5, 5.41) is 11.7. The van der Waals surface area contributed by atoms with Gasteiger partial charge < -0.3 is 15.2 Å². The van der Waals surface area contributed by atoms with Gasteiger partial charge >= 0.3 is 5.97 Å². The number of para-hydroxylation sites is 1. The van der Waals surface area contributed by atoms with E-state index < -0.39 is 5.97 Å². The van der Waals surface area contributed by atoms with Crippen LogP contribution < -0.4 is 10.1 Å². The number of nitrogens with one attached hydrogen (secondary N) is 1. The predicted octanol–water partition coefficient (Wildman–Crippen LogP) is 0.936. The van der Waals surface area contributed by atoms with Crippen molar-refractivity contribution < 1.29 is 19.4 Å². The molecule has 1 aromatic rings. The van der Waals surface area contributed by atoms with Gasteiger partial charge in [-0.05, 0) is 25.0 Å². The highest BCUT2D eigenvalue weighted by atomic mass is 16.5. The minimum atomic E-state index is -0.727. The van der Waals surface area contributed by atoms with Gasteiger partial charge in [-0.25, -0.2) is 0 Å². The van der Waals surface area contributed by atoms with Gasteiger partial charge in [-0.2, -0.15) is 0 Å². The Kier molecular flexibility index (Phi) is 5.57. The van der Waals surface area contributed by atoms with Gasteiger partial charge in [0.05, 0.1) is 12.6 Å². The monoisotopic (exact) mass is 292 g/mol. The number of nitrogens with zero attached hydrogens (tertiary/aromatic N) is 1. The van der Waals surface area contributed by atoms with E-state index in [1.54, 1.807) is 12.1 Å². The zero-order chi connectivity index (χ0) is 15.1. The van der Waals surface area contributed by atoms with Crippen LogP contribution in [-0.2, 0) is 9.59 Å². The number of carbonyl (C=O) groups is 2. The maximum atomic E-state index is 11.7. The molecule has 6 heteroatoms. The van der Waals surface area contributed by atoms with Crippen molar-refractivity contribution in [3.05, 3.63) is 30.3 Å². The lowest BCUT2D eigenvalue weighted by molar-refractivity contribution is -0.143. The topological polar surface area (TPSA) is 78.9 Å². The SMILES string of the molecule is O=C(COc1ccccc1)NCN1CCC(C(=O)O)CC1. The van der Waals surface area contributed by atoms with Crippen LogP contribution in [0.2, 0.25) is 0 Å². The van der Waals surface area contributed by atoms with Crippen molar-refractivity contribution in [3.8, 4) is 5.75 Å². The first kappa shape index (κ1) is 15.3. The molecule has 1 aliphatic rings. The maximum absolute atomic E-state index is 11.7. The summed E-state index contributed by atoms with van der Waals surface area (Å²) in [5.41, 5.74) is 0. The van der Waals surface area contributed by atoms with Gasteiger partial charge in [-0.15, -0.1) is 0 Å². The number of aliphatic carboxylic acids is 1. The molecule has 114 valence electrons. The Morgan fingerprint density at radius 1 is 1.24 bits per heavy atom. The molecule has 0 aromatic heterocycles. The molecule has 1 heterocycles. The standard InChI is InChI=1S/C15H20N2O4/c18-14(10-21-13-4-2-1-3-5-13)16-11-17-8-6-12(7-9-17)15(19)20/h1-5,12H,6-11H2,(H,16,18)(H,19,20). The molecule has 0 aliphatic carbocycles. The second-order valence-electron chi connectivity index (χ2n) is 5.09. The number of piperidine rings is 1. The fourth-order valence-electron chi connectivity index (χ4n) is 2.25. The van der Waals surface area contributed by atoms with Gasteiger partial charge in [0.15, 0.2) is 6.61 Å². The summed E-state index contributed by atoms with van der Waals surface area (Å²) >= 11 is 0. The predicted molar refractivity (Wildman–Crippen MR) is 76.9 cm³/mol. The maximum Gasteiger partial charge on any atom is 0.306 e. The van der Waals surface area contributed by atoms with Crippen LogP contribution in [0.5, 0.6) is 5.75 Å². The van der Waals surface area contributed by atoms with Gasteiger partial charge in [0.2, 0.25) is 0 Å². The molecule has 0 bridgehead atoms. The number of rotatable bonds is 6. The smallest absolute Gasteiger partial charge is 0.306 e. The molecular weight excluding hydrogens is 272 g/mol. The molecule has 1 aromatic carbocycles. The Morgan fingerprint density at radius 2 is 1.90 bits per heavy atom. The molecule has 6 nitrogen and oxygen atoms in total. The average molecular weight is 292 g/mol. The van der Waals surface area contributed by atoms with Gasteiger partial charge in [-0.1, -0.05) is 18.2 Å². The van der Waals surface area contributed by atoms with Crippen LogP contribution in [0.15, 0.2) is 30.3 Å². The largest absolute Gasteiger partial charge is 0.484 e. The van der Waals surface area contributed by atoms with Gasteiger partial charge in [0.25, 0.3) is 5.91 Å². The number of amides is 1. The summed E-state index contributed by atoms with van der Waals surface area (Å²) in [4.78, 5) is 24.6. The van der Waals surface area contributed by atoms with Crippen LogP contribution in [0.3, 0.4) is 0 Å². The molecule has 21 heavy (non-hydrogen) atoms. The van der Waals surface area contributed by atoms with Crippen molar-refractivity contribution in [1.82, 2.24) is 10.2 Å². The number of carboxylic acid groups (broad SMARTS) is 1. The van der Waals surface area contributed by atoms with E-state index in [1.807, 2.05) is 23.1 Å². The second kappa shape index (κ2) is 7.64. The summed E-state index contributed by atoms with van der Waals surface area (Å²) in [6.45, 7) is 1.80.